The van der Waals surface area contributed by atoms with Crippen LogP contribution in [0.3, 0.4) is 0 Å². The van der Waals surface area contributed by atoms with E-state index in [1.165, 1.54) is 0 Å². The van der Waals surface area contributed by atoms with Gasteiger partial charge in [0.25, 0.3) is 5.91 Å². The highest BCUT2D eigenvalue weighted by Crippen LogP contribution is 2.34. The van der Waals surface area contributed by atoms with E-state index in [-0.39, 0.29) is 18.1 Å². The van der Waals surface area contributed by atoms with E-state index in [0.717, 1.165) is 24.9 Å². The van der Waals surface area contributed by atoms with Gasteiger partial charge in [0.2, 0.25) is 0 Å². The second kappa shape index (κ2) is 4.57. The topological polar surface area (TPSA) is 63.2 Å². The number of fused-ring (bicyclic) bond motifs is 2. The van der Waals surface area contributed by atoms with Crippen LogP contribution in [0.5, 0.6) is 0 Å². The van der Waals surface area contributed by atoms with Crippen LogP contribution < -0.4 is 10.6 Å². The summed E-state index contributed by atoms with van der Waals surface area (Å²) in [5.41, 5.74) is 1.38. The Morgan fingerprint density at radius 2 is 2.39 bits per heavy atom. The lowest BCUT2D eigenvalue weighted by Gasteiger charge is -2.20. The zero-order chi connectivity index (χ0) is 12.5. The molecule has 0 aromatic carbocycles. The summed E-state index contributed by atoms with van der Waals surface area (Å²) >= 11 is 0. The number of aromatic nitrogens is 1. The first-order valence-corrected chi connectivity index (χ1v) is 6.36. The fourth-order valence-electron chi connectivity index (χ4n) is 2.83. The van der Waals surface area contributed by atoms with Crippen molar-refractivity contribution in [1.29, 1.82) is 0 Å². The SMILES string of the molecule is CNc1ccncc1C(=O)NC1CC2CCC1O2. The third-order valence-corrected chi connectivity index (χ3v) is 3.76. The van der Waals surface area contributed by atoms with Crippen LogP contribution in [0.4, 0.5) is 5.69 Å². The third-order valence-electron chi connectivity index (χ3n) is 3.76. The summed E-state index contributed by atoms with van der Waals surface area (Å²) in [4.78, 5) is 16.2. The number of hydrogen-bond acceptors (Lipinski definition) is 4. The van der Waals surface area contributed by atoms with Crippen LogP contribution in [0.2, 0.25) is 0 Å². The molecular formula is C13H17N3O2. The van der Waals surface area contributed by atoms with Gasteiger partial charge in [-0.05, 0) is 25.3 Å². The summed E-state index contributed by atoms with van der Waals surface area (Å²) in [6, 6.07) is 1.95. The molecule has 0 radical (unpaired) electrons. The molecule has 3 atom stereocenters. The van der Waals surface area contributed by atoms with Crippen LogP contribution in [0.1, 0.15) is 29.6 Å². The molecule has 0 saturated carbocycles. The van der Waals surface area contributed by atoms with Crippen LogP contribution in [-0.4, -0.2) is 36.2 Å². The third kappa shape index (κ3) is 1.95. The average molecular weight is 247 g/mol. The van der Waals surface area contributed by atoms with Crippen molar-refractivity contribution in [2.24, 2.45) is 0 Å². The zero-order valence-electron chi connectivity index (χ0n) is 10.3. The van der Waals surface area contributed by atoms with Crippen molar-refractivity contribution in [3.63, 3.8) is 0 Å². The fourth-order valence-corrected chi connectivity index (χ4v) is 2.83. The van der Waals surface area contributed by atoms with Crippen LogP contribution in [-0.2, 0) is 4.74 Å². The normalized spacial score (nSPS) is 29.3. The van der Waals surface area contributed by atoms with E-state index >= 15 is 0 Å². The number of carbonyl (C=O) groups is 1. The van der Waals surface area contributed by atoms with Gasteiger partial charge in [-0.2, -0.15) is 0 Å². The molecule has 1 amide bonds. The molecular weight excluding hydrogens is 230 g/mol. The summed E-state index contributed by atoms with van der Waals surface area (Å²) in [6.45, 7) is 0. The molecule has 2 N–H and O–H groups in total. The average Bonchev–Trinajstić information content (AvgIpc) is 3.01. The predicted molar refractivity (Wildman–Crippen MR) is 67.5 cm³/mol. The Morgan fingerprint density at radius 1 is 1.50 bits per heavy atom. The van der Waals surface area contributed by atoms with E-state index in [1.807, 2.05) is 0 Å². The summed E-state index contributed by atoms with van der Waals surface area (Å²) in [7, 11) is 1.80. The smallest absolute Gasteiger partial charge is 0.255 e. The Hall–Kier alpha value is -1.62. The maximum absolute atomic E-state index is 12.2. The Morgan fingerprint density at radius 3 is 3.06 bits per heavy atom. The Labute approximate surface area is 106 Å². The van der Waals surface area contributed by atoms with Crippen LogP contribution >= 0.6 is 0 Å². The lowest BCUT2D eigenvalue weighted by Crippen LogP contribution is -2.41. The summed E-state index contributed by atoms with van der Waals surface area (Å²) in [5, 5.41) is 6.06. The maximum Gasteiger partial charge on any atom is 0.255 e. The Balaban J connectivity index is 1.71. The zero-order valence-corrected chi connectivity index (χ0v) is 10.3. The van der Waals surface area contributed by atoms with Gasteiger partial charge in [0.05, 0.1) is 23.8 Å². The van der Waals surface area contributed by atoms with E-state index in [0.29, 0.717) is 11.7 Å². The molecule has 2 fully saturated rings. The number of amides is 1. The Kier molecular flexibility index (Phi) is 2.91. The van der Waals surface area contributed by atoms with Gasteiger partial charge < -0.3 is 15.4 Å². The van der Waals surface area contributed by atoms with E-state index in [1.54, 1.807) is 25.5 Å². The monoisotopic (exact) mass is 247 g/mol. The lowest BCUT2D eigenvalue weighted by molar-refractivity contribution is 0.0841. The van der Waals surface area contributed by atoms with Gasteiger partial charge in [-0.15, -0.1) is 0 Å². The molecule has 5 heteroatoms. The maximum atomic E-state index is 12.2. The van der Waals surface area contributed by atoms with E-state index in [4.69, 9.17) is 4.74 Å². The van der Waals surface area contributed by atoms with Crippen molar-refractivity contribution in [1.82, 2.24) is 10.3 Å². The highest BCUT2D eigenvalue weighted by atomic mass is 16.5. The molecule has 3 rings (SSSR count). The molecule has 2 bridgehead atoms. The fraction of sp³-hybridized carbons (Fsp3) is 0.538. The Bertz CT molecular complexity index is 463. The summed E-state index contributed by atoms with van der Waals surface area (Å²) in [6.07, 6.45) is 6.93. The first-order chi connectivity index (χ1) is 8.78. The highest BCUT2D eigenvalue weighted by molar-refractivity contribution is 5.99. The minimum atomic E-state index is -0.0754. The summed E-state index contributed by atoms with van der Waals surface area (Å²) < 4.78 is 5.73. The number of pyridine rings is 1. The molecule has 0 spiro atoms. The molecule has 1 aromatic rings. The van der Waals surface area contributed by atoms with Crippen molar-refractivity contribution in [3.8, 4) is 0 Å². The first-order valence-electron chi connectivity index (χ1n) is 6.36. The highest BCUT2D eigenvalue weighted by Gasteiger charge is 2.41. The number of ether oxygens (including phenoxy) is 1. The molecule has 2 saturated heterocycles. The van der Waals surface area contributed by atoms with Gasteiger partial charge in [0, 0.05) is 25.1 Å². The standard InChI is InChI=1S/C13H17N3O2/c1-14-10-4-5-15-7-9(10)13(17)16-11-6-8-2-3-12(11)18-8/h4-5,7-8,11-12H,2-3,6H2,1H3,(H,14,15)(H,16,17). The first kappa shape index (κ1) is 11.5. The summed E-state index contributed by atoms with van der Waals surface area (Å²) in [5.74, 6) is -0.0754. The van der Waals surface area contributed by atoms with Crippen molar-refractivity contribution in [3.05, 3.63) is 24.0 Å². The van der Waals surface area contributed by atoms with Crippen molar-refractivity contribution in [2.75, 3.05) is 12.4 Å². The molecule has 1 aromatic heterocycles. The van der Waals surface area contributed by atoms with Crippen molar-refractivity contribution in [2.45, 2.75) is 37.5 Å². The number of anilines is 1. The van der Waals surface area contributed by atoms with Gasteiger partial charge in [0.1, 0.15) is 0 Å². The van der Waals surface area contributed by atoms with E-state index < -0.39 is 0 Å². The van der Waals surface area contributed by atoms with Crippen molar-refractivity contribution >= 4 is 11.6 Å². The molecule has 3 heterocycles. The van der Waals surface area contributed by atoms with E-state index in [9.17, 15) is 4.79 Å². The van der Waals surface area contributed by atoms with Crippen LogP contribution in [0.25, 0.3) is 0 Å². The van der Waals surface area contributed by atoms with Gasteiger partial charge in [-0.3, -0.25) is 9.78 Å². The van der Waals surface area contributed by atoms with Gasteiger partial charge >= 0.3 is 0 Å². The molecule has 0 aliphatic carbocycles. The molecule has 5 nitrogen and oxygen atoms in total. The number of nitrogens with zero attached hydrogens (tertiary/aromatic N) is 1. The van der Waals surface area contributed by atoms with Gasteiger partial charge in [0.15, 0.2) is 0 Å². The second-order valence-corrected chi connectivity index (χ2v) is 4.86. The molecule has 96 valence electrons. The minimum absolute atomic E-state index is 0.0754. The quantitative estimate of drug-likeness (QED) is 0.841. The van der Waals surface area contributed by atoms with E-state index in [2.05, 4.69) is 15.6 Å². The van der Waals surface area contributed by atoms with Gasteiger partial charge in [-0.1, -0.05) is 0 Å². The largest absolute Gasteiger partial charge is 0.387 e. The number of hydrogen-bond donors (Lipinski definition) is 2. The second-order valence-electron chi connectivity index (χ2n) is 4.86. The number of rotatable bonds is 3. The lowest BCUT2D eigenvalue weighted by atomic mass is 9.95. The molecule has 2 aliphatic rings. The molecule has 2 aliphatic heterocycles. The predicted octanol–water partition coefficient (Wildman–Crippen LogP) is 1.17. The molecule has 18 heavy (non-hydrogen) atoms. The molecule has 3 unspecified atom stereocenters. The minimum Gasteiger partial charge on any atom is -0.387 e. The number of nitrogens with one attached hydrogen (secondary N) is 2. The number of carbonyl (C=O) groups excluding carboxylic acids is 1. The van der Waals surface area contributed by atoms with Gasteiger partial charge in [-0.25, -0.2) is 0 Å². The van der Waals surface area contributed by atoms with Crippen LogP contribution in [0, 0.1) is 0 Å². The van der Waals surface area contributed by atoms with Crippen LogP contribution in [0.15, 0.2) is 18.5 Å². The van der Waals surface area contributed by atoms with Crippen molar-refractivity contribution < 1.29 is 9.53 Å².